The van der Waals surface area contributed by atoms with Gasteiger partial charge in [0, 0.05) is 31.6 Å². The number of nitrogens with zero attached hydrogens (tertiary/aromatic N) is 3. The Morgan fingerprint density at radius 1 is 1.33 bits per heavy atom. The minimum absolute atomic E-state index is 0.132. The van der Waals surface area contributed by atoms with Crippen molar-refractivity contribution in [2.24, 2.45) is 5.92 Å². The smallest absolute Gasteiger partial charge is 0.328 e. The summed E-state index contributed by atoms with van der Waals surface area (Å²) >= 11 is 0. The number of hydrogen-bond donors (Lipinski definition) is 1. The highest BCUT2D eigenvalue weighted by atomic mass is 19.1. The van der Waals surface area contributed by atoms with E-state index in [0.717, 1.165) is 10.2 Å². The average Bonchev–Trinajstić information content (AvgIpc) is 2.47. The van der Waals surface area contributed by atoms with Crippen LogP contribution >= 0.6 is 0 Å². The topological polar surface area (TPSA) is 75.4 Å². The second kappa shape index (κ2) is 7.42. The zero-order valence-corrected chi connectivity index (χ0v) is 14.8. The van der Waals surface area contributed by atoms with E-state index in [2.05, 4.69) is 5.10 Å². The summed E-state index contributed by atoms with van der Waals surface area (Å²) in [4.78, 5) is 26.1. The van der Waals surface area contributed by atoms with Gasteiger partial charge < -0.3 is 5.11 Å². The van der Waals surface area contributed by atoms with Gasteiger partial charge in [0.05, 0.1) is 5.69 Å². The number of likely N-dealkylation sites (tertiary alicyclic amines) is 1. The van der Waals surface area contributed by atoms with Crippen molar-refractivity contribution in [2.75, 3.05) is 19.6 Å². The highest BCUT2D eigenvalue weighted by molar-refractivity contribution is 5.71. The number of hydrogen-bond acceptors (Lipinski definition) is 4. The molecule has 1 aromatic heterocycles. The van der Waals surface area contributed by atoms with Crippen molar-refractivity contribution in [3.05, 3.63) is 27.2 Å². The Morgan fingerprint density at radius 3 is 2.46 bits per heavy atom. The van der Waals surface area contributed by atoms with Crippen molar-refractivity contribution >= 4 is 5.97 Å². The van der Waals surface area contributed by atoms with Gasteiger partial charge >= 0.3 is 5.97 Å². The summed E-state index contributed by atoms with van der Waals surface area (Å²) in [5.41, 5.74) is 1.69. The van der Waals surface area contributed by atoms with E-state index in [1.54, 1.807) is 6.92 Å². The van der Waals surface area contributed by atoms with Crippen LogP contribution in [0.1, 0.15) is 43.1 Å². The molecule has 1 aromatic rings. The fourth-order valence-electron chi connectivity index (χ4n) is 2.95. The van der Waals surface area contributed by atoms with Crippen LogP contribution in [0.2, 0.25) is 0 Å². The molecule has 1 atom stereocenters. The third-order valence-electron chi connectivity index (χ3n) is 4.61. The first-order valence-corrected chi connectivity index (χ1v) is 8.38. The summed E-state index contributed by atoms with van der Waals surface area (Å²) in [5.74, 6) is -0.914. The summed E-state index contributed by atoms with van der Waals surface area (Å²) < 4.78 is 14.0. The second-order valence-corrected chi connectivity index (χ2v) is 7.04. The van der Waals surface area contributed by atoms with Crippen LogP contribution in [0.25, 0.3) is 0 Å². The van der Waals surface area contributed by atoms with Gasteiger partial charge in [-0.1, -0.05) is 13.8 Å². The Balaban J connectivity index is 2.30. The molecule has 0 saturated carbocycles. The molecule has 1 aliphatic rings. The molecule has 7 heteroatoms. The predicted octanol–water partition coefficient (Wildman–Crippen LogP) is 1.73. The Kier molecular flexibility index (Phi) is 5.74. The van der Waals surface area contributed by atoms with Crippen LogP contribution in [-0.4, -0.2) is 51.6 Å². The van der Waals surface area contributed by atoms with Gasteiger partial charge in [0.15, 0.2) is 6.04 Å². The summed E-state index contributed by atoms with van der Waals surface area (Å²) in [6.45, 7) is 8.89. The molecule has 1 fully saturated rings. The van der Waals surface area contributed by atoms with Crippen LogP contribution in [0.15, 0.2) is 4.79 Å². The maximum Gasteiger partial charge on any atom is 0.328 e. The van der Waals surface area contributed by atoms with E-state index in [-0.39, 0.29) is 11.5 Å². The van der Waals surface area contributed by atoms with Gasteiger partial charge in [-0.2, -0.15) is 5.10 Å². The maximum atomic E-state index is 12.9. The van der Waals surface area contributed by atoms with Crippen molar-refractivity contribution in [2.45, 2.75) is 52.8 Å². The third-order valence-corrected chi connectivity index (χ3v) is 4.61. The van der Waals surface area contributed by atoms with Crippen LogP contribution in [-0.2, 0) is 11.2 Å². The molecule has 0 spiro atoms. The van der Waals surface area contributed by atoms with E-state index in [4.69, 9.17) is 0 Å². The standard InChI is InChI=1S/C17H26FN3O3/c1-10(2)7-15(17(23)24)21-16(22)12(4)11(3)14(19-21)5-6-20-8-13(18)9-20/h10,13,15H,5-9H2,1-4H3,(H,23,24). The lowest BCUT2D eigenvalue weighted by atomic mass is 10.0. The van der Waals surface area contributed by atoms with E-state index in [0.29, 0.717) is 43.7 Å². The van der Waals surface area contributed by atoms with Gasteiger partial charge in [-0.3, -0.25) is 9.69 Å². The SMILES string of the molecule is Cc1c(CCN2CC(F)C2)nn(C(CC(C)C)C(=O)O)c(=O)c1C. The first kappa shape index (κ1) is 18.6. The van der Waals surface area contributed by atoms with Gasteiger partial charge in [-0.25, -0.2) is 13.9 Å². The van der Waals surface area contributed by atoms with E-state index < -0.39 is 18.2 Å². The summed E-state index contributed by atoms with van der Waals surface area (Å²) in [6.07, 6.45) is 0.172. The van der Waals surface area contributed by atoms with Gasteiger partial charge in [0.1, 0.15) is 6.17 Å². The lowest BCUT2D eigenvalue weighted by Gasteiger charge is -2.34. The molecule has 24 heavy (non-hydrogen) atoms. The fraction of sp³-hybridized carbons (Fsp3) is 0.706. The van der Waals surface area contributed by atoms with Crippen molar-refractivity contribution < 1.29 is 14.3 Å². The normalized spacial score (nSPS) is 17.1. The molecule has 1 aliphatic heterocycles. The van der Waals surface area contributed by atoms with E-state index in [1.165, 1.54) is 0 Å². The number of alkyl halides is 1. The van der Waals surface area contributed by atoms with Crippen LogP contribution in [0.4, 0.5) is 4.39 Å². The largest absolute Gasteiger partial charge is 0.480 e. The molecule has 0 aliphatic carbocycles. The highest BCUT2D eigenvalue weighted by Gasteiger charge is 2.27. The second-order valence-electron chi connectivity index (χ2n) is 7.04. The molecule has 2 rings (SSSR count). The molecule has 0 aromatic carbocycles. The molecule has 1 unspecified atom stereocenters. The minimum Gasteiger partial charge on any atom is -0.480 e. The Labute approximate surface area is 141 Å². The lowest BCUT2D eigenvalue weighted by Crippen LogP contribution is -2.49. The average molecular weight is 339 g/mol. The molecular formula is C17H26FN3O3. The molecule has 134 valence electrons. The summed E-state index contributed by atoms with van der Waals surface area (Å²) in [5, 5.41) is 13.9. The molecule has 1 saturated heterocycles. The van der Waals surface area contributed by atoms with Crippen LogP contribution < -0.4 is 5.56 Å². The monoisotopic (exact) mass is 339 g/mol. The highest BCUT2D eigenvalue weighted by Crippen LogP contribution is 2.18. The first-order chi connectivity index (χ1) is 11.2. The van der Waals surface area contributed by atoms with E-state index in [9.17, 15) is 19.1 Å². The number of aliphatic carboxylic acids is 1. The molecular weight excluding hydrogens is 313 g/mol. The van der Waals surface area contributed by atoms with E-state index >= 15 is 0 Å². The van der Waals surface area contributed by atoms with Gasteiger partial charge in [-0.05, 0) is 31.7 Å². The van der Waals surface area contributed by atoms with Gasteiger partial charge in [0.25, 0.3) is 5.56 Å². The van der Waals surface area contributed by atoms with Gasteiger partial charge in [0.2, 0.25) is 0 Å². The van der Waals surface area contributed by atoms with Crippen LogP contribution in [0, 0.1) is 19.8 Å². The number of carboxylic acids is 1. The van der Waals surface area contributed by atoms with Crippen molar-refractivity contribution in [1.29, 1.82) is 0 Å². The summed E-state index contributed by atoms with van der Waals surface area (Å²) in [6, 6.07) is -0.963. The molecule has 0 radical (unpaired) electrons. The lowest BCUT2D eigenvalue weighted by molar-refractivity contribution is -0.141. The fourth-order valence-corrected chi connectivity index (χ4v) is 2.95. The Bertz CT molecular complexity index is 666. The number of halogens is 1. The van der Waals surface area contributed by atoms with Crippen molar-refractivity contribution in [3.8, 4) is 0 Å². The number of rotatable bonds is 7. The molecule has 0 bridgehead atoms. The number of aromatic nitrogens is 2. The van der Waals surface area contributed by atoms with Crippen molar-refractivity contribution in [3.63, 3.8) is 0 Å². The molecule has 6 nitrogen and oxygen atoms in total. The summed E-state index contributed by atoms with van der Waals surface area (Å²) in [7, 11) is 0. The number of carboxylic acid groups (broad SMARTS) is 1. The first-order valence-electron chi connectivity index (χ1n) is 8.38. The molecule has 2 heterocycles. The number of carbonyl (C=O) groups is 1. The van der Waals surface area contributed by atoms with Crippen molar-refractivity contribution in [1.82, 2.24) is 14.7 Å². The quantitative estimate of drug-likeness (QED) is 0.819. The Hall–Kier alpha value is -1.76. The van der Waals surface area contributed by atoms with E-state index in [1.807, 2.05) is 25.7 Å². The maximum absolute atomic E-state index is 12.9. The van der Waals surface area contributed by atoms with Crippen LogP contribution in [0.3, 0.4) is 0 Å². The zero-order valence-electron chi connectivity index (χ0n) is 14.8. The molecule has 0 amide bonds. The zero-order chi connectivity index (χ0) is 18.0. The third kappa shape index (κ3) is 4.01. The van der Waals surface area contributed by atoms with Gasteiger partial charge in [-0.15, -0.1) is 0 Å². The Morgan fingerprint density at radius 2 is 1.96 bits per heavy atom. The minimum atomic E-state index is -1.05. The molecule has 1 N–H and O–H groups in total. The predicted molar refractivity (Wildman–Crippen MR) is 89.1 cm³/mol. The van der Waals surface area contributed by atoms with Crippen LogP contribution in [0.5, 0.6) is 0 Å².